The predicted molar refractivity (Wildman–Crippen MR) is 159 cm³/mol. The summed E-state index contributed by atoms with van der Waals surface area (Å²) in [7, 11) is 3.46. The van der Waals surface area contributed by atoms with Crippen molar-refractivity contribution in [1.29, 1.82) is 0 Å². The highest BCUT2D eigenvalue weighted by atomic mass is 16.5. The van der Waals surface area contributed by atoms with Crippen LogP contribution in [0.25, 0.3) is 0 Å². The van der Waals surface area contributed by atoms with E-state index in [0.717, 1.165) is 73.9 Å². The van der Waals surface area contributed by atoms with Crippen molar-refractivity contribution in [2.24, 2.45) is 0 Å². The van der Waals surface area contributed by atoms with Crippen molar-refractivity contribution in [3.63, 3.8) is 0 Å². The Morgan fingerprint density at radius 1 is 0.951 bits per heavy atom. The topological polar surface area (TPSA) is 90.9 Å². The first-order valence-electron chi connectivity index (χ1n) is 14.9. The Balaban J connectivity index is 1.44. The molecule has 2 N–H and O–H groups in total. The van der Waals surface area contributed by atoms with Crippen LogP contribution in [0.15, 0.2) is 42.5 Å². The van der Waals surface area contributed by atoms with E-state index in [1.54, 1.807) is 21.1 Å². The number of rotatable bonds is 17. The van der Waals surface area contributed by atoms with E-state index in [9.17, 15) is 5.11 Å². The lowest BCUT2D eigenvalue weighted by atomic mass is 9.85. The number of benzene rings is 2. The first-order chi connectivity index (χ1) is 20.1. The molecule has 0 aliphatic carbocycles. The Labute approximate surface area is 245 Å². The minimum Gasteiger partial charge on any atom is -0.494 e. The summed E-state index contributed by atoms with van der Waals surface area (Å²) >= 11 is 0. The Bertz CT molecular complexity index is 1020. The molecule has 41 heavy (non-hydrogen) atoms. The SMILES string of the molecule is COCCCCOc1ccc([C@@H]2[C@@H](OCc3ccc4c(c3)N(CCCOC)CCO4)CNC[C@H]2OC[C@@H](C)O)cc1. The van der Waals surface area contributed by atoms with Crippen LogP contribution in [-0.4, -0.2) is 96.9 Å². The first kappa shape index (κ1) is 31.5. The second kappa shape index (κ2) is 16.9. The number of methoxy groups -OCH3 is 2. The average molecular weight is 573 g/mol. The molecule has 4 rings (SSSR count). The molecule has 0 unspecified atom stereocenters. The molecule has 4 atom stereocenters. The van der Waals surface area contributed by atoms with Gasteiger partial charge in [0.15, 0.2) is 0 Å². The van der Waals surface area contributed by atoms with Gasteiger partial charge in [0.1, 0.15) is 18.1 Å². The van der Waals surface area contributed by atoms with E-state index in [1.807, 2.05) is 12.1 Å². The van der Waals surface area contributed by atoms with Crippen LogP contribution in [-0.2, 0) is 25.6 Å². The van der Waals surface area contributed by atoms with E-state index in [0.29, 0.717) is 32.9 Å². The lowest BCUT2D eigenvalue weighted by molar-refractivity contribution is -0.0752. The Hall–Kier alpha value is -2.40. The maximum Gasteiger partial charge on any atom is 0.142 e. The van der Waals surface area contributed by atoms with Gasteiger partial charge in [-0.1, -0.05) is 18.2 Å². The van der Waals surface area contributed by atoms with Crippen molar-refractivity contribution in [2.75, 3.05) is 78.3 Å². The normalized spacial score (nSPS) is 21.3. The number of aliphatic hydroxyl groups excluding tert-OH is 1. The quantitative estimate of drug-likeness (QED) is 0.275. The number of nitrogens with zero attached hydrogens (tertiary/aromatic N) is 1. The van der Waals surface area contributed by atoms with Crippen LogP contribution in [0.2, 0.25) is 0 Å². The highest BCUT2D eigenvalue weighted by molar-refractivity contribution is 5.61. The summed E-state index contributed by atoms with van der Waals surface area (Å²) in [5.41, 5.74) is 3.36. The van der Waals surface area contributed by atoms with Gasteiger partial charge in [0.25, 0.3) is 0 Å². The molecule has 2 aromatic carbocycles. The van der Waals surface area contributed by atoms with Gasteiger partial charge in [0.05, 0.1) is 50.4 Å². The molecule has 9 nitrogen and oxygen atoms in total. The van der Waals surface area contributed by atoms with Crippen LogP contribution in [0.1, 0.15) is 43.2 Å². The fourth-order valence-corrected chi connectivity index (χ4v) is 5.45. The number of aliphatic hydroxyl groups is 1. The molecule has 0 spiro atoms. The van der Waals surface area contributed by atoms with E-state index in [1.165, 1.54) is 0 Å². The molecule has 228 valence electrons. The molecule has 1 saturated heterocycles. The standard InChI is InChI=1S/C32H48N2O7/c1-24(35)22-40-30-20-33-21-31(32(30)26-8-10-27(11-9-26)38-17-5-4-15-36-2)41-23-25-7-12-29-28(19-25)34(14-18-39-29)13-6-16-37-3/h7-12,19,24,30-33,35H,4-6,13-18,20-23H2,1-3H3/t24-,30-,31+,32+/m1/s1. The number of nitrogens with one attached hydrogen (secondary N) is 1. The minimum absolute atomic E-state index is 0.0113. The van der Waals surface area contributed by atoms with Crippen molar-refractivity contribution in [2.45, 2.75) is 57.0 Å². The fourth-order valence-electron chi connectivity index (χ4n) is 5.45. The van der Waals surface area contributed by atoms with E-state index in [4.69, 9.17) is 28.4 Å². The zero-order valence-corrected chi connectivity index (χ0v) is 24.9. The number of piperidine rings is 1. The maximum absolute atomic E-state index is 9.89. The molecule has 0 bridgehead atoms. The van der Waals surface area contributed by atoms with Gasteiger partial charge in [-0.2, -0.15) is 0 Å². The van der Waals surface area contributed by atoms with Gasteiger partial charge in [0, 0.05) is 53.0 Å². The van der Waals surface area contributed by atoms with Gasteiger partial charge in [-0.15, -0.1) is 0 Å². The van der Waals surface area contributed by atoms with E-state index in [2.05, 4.69) is 40.5 Å². The molecule has 2 aromatic rings. The van der Waals surface area contributed by atoms with Crippen LogP contribution in [0.3, 0.4) is 0 Å². The summed E-state index contributed by atoms with van der Waals surface area (Å²) in [5.74, 6) is 1.78. The Morgan fingerprint density at radius 2 is 1.68 bits per heavy atom. The molecular formula is C32H48N2O7. The van der Waals surface area contributed by atoms with Crippen molar-refractivity contribution in [1.82, 2.24) is 5.32 Å². The fraction of sp³-hybridized carbons (Fsp3) is 0.625. The molecule has 2 heterocycles. The summed E-state index contributed by atoms with van der Waals surface area (Å²) < 4.78 is 35.0. The summed E-state index contributed by atoms with van der Waals surface area (Å²) in [5, 5.41) is 13.4. The average Bonchev–Trinajstić information content (AvgIpc) is 2.99. The van der Waals surface area contributed by atoms with Gasteiger partial charge in [-0.3, -0.25) is 0 Å². The third-order valence-electron chi connectivity index (χ3n) is 7.54. The highest BCUT2D eigenvalue weighted by Crippen LogP contribution is 2.35. The van der Waals surface area contributed by atoms with Crippen LogP contribution in [0.4, 0.5) is 5.69 Å². The summed E-state index contributed by atoms with van der Waals surface area (Å²) in [6.45, 7) is 8.56. The Morgan fingerprint density at radius 3 is 2.44 bits per heavy atom. The molecule has 2 aliphatic rings. The molecular weight excluding hydrogens is 524 g/mol. The molecule has 9 heteroatoms. The lowest BCUT2D eigenvalue weighted by Crippen LogP contribution is -2.51. The molecule has 1 fully saturated rings. The lowest BCUT2D eigenvalue weighted by Gasteiger charge is -2.39. The molecule has 0 saturated carbocycles. The maximum atomic E-state index is 9.89. The molecule has 0 amide bonds. The largest absolute Gasteiger partial charge is 0.494 e. The second-order valence-corrected chi connectivity index (χ2v) is 10.9. The van der Waals surface area contributed by atoms with Crippen LogP contribution >= 0.6 is 0 Å². The highest BCUT2D eigenvalue weighted by Gasteiger charge is 2.36. The Kier molecular flexibility index (Phi) is 13.0. The van der Waals surface area contributed by atoms with Crippen molar-refractivity contribution in [3.05, 3.63) is 53.6 Å². The number of anilines is 1. The third-order valence-corrected chi connectivity index (χ3v) is 7.54. The van der Waals surface area contributed by atoms with Gasteiger partial charge in [-0.05, 0) is 61.6 Å². The number of hydrogen-bond acceptors (Lipinski definition) is 9. The van der Waals surface area contributed by atoms with Crippen molar-refractivity contribution < 1.29 is 33.5 Å². The van der Waals surface area contributed by atoms with Gasteiger partial charge in [0.2, 0.25) is 0 Å². The number of hydrogen-bond donors (Lipinski definition) is 2. The van der Waals surface area contributed by atoms with E-state index < -0.39 is 6.10 Å². The first-order valence-corrected chi connectivity index (χ1v) is 14.9. The van der Waals surface area contributed by atoms with E-state index in [-0.39, 0.29) is 24.7 Å². The van der Waals surface area contributed by atoms with E-state index >= 15 is 0 Å². The smallest absolute Gasteiger partial charge is 0.142 e. The van der Waals surface area contributed by atoms with Gasteiger partial charge >= 0.3 is 0 Å². The number of fused-ring (bicyclic) bond motifs is 1. The second-order valence-electron chi connectivity index (χ2n) is 10.9. The summed E-state index contributed by atoms with van der Waals surface area (Å²) in [6, 6.07) is 14.6. The zero-order valence-electron chi connectivity index (χ0n) is 24.9. The van der Waals surface area contributed by atoms with Crippen molar-refractivity contribution >= 4 is 5.69 Å². The molecule has 0 aromatic heterocycles. The van der Waals surface area contributed by atoms with Crippen LogP contribution in [0.5, 0.6) is 11.5 Å². The van der Waals surface area contributed by atoms with Gasteiger partial charge < -0.3 is 43.7 Å². The third kappa shape index (κ3) is 9.56. The molecule has 2 aliphatic heterocycles. The van der Waals surface area contributed by atoms with Crippen molar-refractivity contribution in [3.8, 4) is 11.5 Å². The monoisotopic (exact) mass is 572 g/mol. The summed E-state index contributed by atoms with van der Waals surface area (Å²) in [6.07, 6.45) is 2.14. The minimum atomic E-state index is -0.532. The number of unbranched alkanes of at least 4 members (excludes halogenated alkanes) is 1. The number of ether oxygens (including phenoxy) is 6. The van der Waals surface area contributed by atoms with Crippen LogP contribution < -0.4 is 19.7 Å². The zero-order chi connectivity index (χ0) is 28.9. The van der Waals surface area contributed by atoms with Crippen LogP contribution in [0, 0.1) is 0 Å². The van der Waals surface area contributed by atoms with Gasteiger partial charge in [-0.25, -0.2) is 0 Å². The molecule has 0 radical (unpaired) electrons. The summed E-state index contributed by atoms with van der Waals surface area (Å²) in [4.78, 5) is 2.37. The predicted octanol–water partition coefficient (Wildman–Crippen LogP) is 3.77.